The SMILES string of the molecule is O=C1O[C@H](C(=O)Nc2cc(Cl)ccc2C(=O)N2CCCC2)Cc2ccccc21. The van der Waals surface area contributed by atoms with E-state index in [4.69, 9.17) is 16.3 Å². The molecule has 2 aromatic carbocycles. The van der Waals surface area contributed by atoms with Crippen LogP contribution in [-0.2, 0) is 16.0 Å². The molecule has 0 aromatic heterocycles. The van der Waals surface area contributed by atoms with E-state index in [1.165, 1.54) is 0 Å². The van der Waals surface area contributed by atoms with Gasteiger partial charge in [-0.25, -0.2) is 4.79 Å². The summed E-state index contributed by atoms with van der Waals surface area (Å²) in [6, 6.07) is 11.8. The zero-order valence-corrected chi connectivity index (χ0v) is 15.9. The van der Waals surface area contributed by atoms with Gasteiger partial charge in [-0.1, -0.05) is 29.8 Å². The largest absolute Gasteiger partial charge is 0.448 e. The van der Waals surface area contributed by atoms with Gasteiger partial charge in [0.2, 0.25) is 0 Å². The van der Waals surface area contributed by atoms with Gasteiger partial charge in [0.1, 0.15) is 0 Å². The average Bonchev–Trinajstić information content (AvgIpc) is 3.22. The monoisotopic (exact) mass is 398 g/mol. The highest BCUT2D eigenvalue weighted by Gasteiger charge is 2.32. The predicted molar refractivity (Wildman–Crippen MR) is 105 cm³/mol. The molecule has 0 aliphatic carbocycles. The van der Waals surface area contributed by atoms with Crippen molar-refractivity contribution in [2.75, 3.05) is 18.4 Å². The van der Waals surface area contributed by atoms with Gasteiger partial charge in [-0.15, -0.1) is 0 Å². The molecule has 6 nitrogen and oxygen atoms in total. The number of ether oxygens (including phenoxy) is 1. The Morgan fingerprint density at radius 1 is 1.11 bits per heavy atom. The molecule has 1 N–H and O–H groups in total. The van der Waals surface area contributed by atoms with E-state index in [0.717, 1.165) is 18.4 Å². The summed E-state index contributed by atoms with van der Waals surface area (Å²) in [5.74, 6) is -1.16. The Kier molecular flexibility index (Phi) is 5.05. The second kappa shape index (κ2) is 7.64. The lowest BCUT2D eigenvalue weighted by molar-refractivity contribution is -0.125. The fourth-order valence-electron chi connectivity index (χ4n) is 3.59. The third-order valence-corrected chi connectivity index (χ3v) is 5.28. The number of cyclic esters (lactones) is 1. The van der Waals surface area contributed by atoms with Gasteiger partial charge in [0, 0.05) is 24.5 Å². The van der Waals surface area contributed by atoms with Gasteiger partial charge in [-0.2, -0.15) is 0 Å². The lowest BCUT2D eigenvalue weighted by atomic mass is 9.98. The lowest BCUT2D eigenvalue weighted by Crippen LogP contribution is -2.38. The topological polar surface area (TPSA) is 75.7 Å². The van der Waals surface area contributed by atoms with E-state index < -0.39 is 18.0 Å². The summed E-state index contributed by atoms with van der Waals surface area (Å²) >= 11 is 6.08. The quantitative estimate of drug-likeness (QED) is 0.805. The minimum absolute atomic E-state index is 0.143. The van der Waals surface area contributed by atoms with Crippen LogP contribution in [0, 0.1) is 0 Å². The molecule has 4 rings (SSSR count). The maximum atomic E-state index is 12.8. The van der Waals surface area contributed by atoms with Gasteiger partial charge in [0.15, 0.2) is 6.10 Å². The number of anilines is 1. The van der Waals surface area contributed by atoms with E-state index in [2.05, 4.69) is 5.32 Å². The van der Waals surface area contributed by atoms with Crippen LogP contribution in [0.3, 0.4) is 0 Å². The second-order valence-corrected chi connectivity index (χ2v) is 7.37. The Bertz CT molecular complexity index is 953. The average molecular weight is 399 g/mol. The van der Waals surface area contributed by atoms with E-state index in [9.17, 15) is 14.4 Å². The van der Waals surface area contributed by atoms with Crippen LogP contribution >= 0.6 is 11.6 Å². The molecule has 0 saturated carbocycles. The van der Waals surface area contributed by atoms with Crippen molar-refractivity contribution in [3.8, 4) is 0 Å². The fraction of sp³-hybridized carbons (Fsp3) is 0.286. The molecule has 1 atom stereocenters. The lowest BCUT2D eigenvalue weighted by Gasteiger charge is -2.24. The highest BCUT2D eigenvalue weighted by molar-refractivity contribution is 6.31. The van der Waals surface area contributed by atoms with Crippen molar-refractivity contribution < 1.29 is 19.1 Å². The summed E-state index contributed by atoms with van der Waals surface area (Å²) in [4.78, 5) is 39.5. The number of carbonyl (C=O) groups excluding carboxylic acids is 3. The van der Waals surface area contributed by atoms with Crippen molar-refractivity contribution >= 4 is 35.1 Å². The molecule has 2 aliphatic heterocycles. The Morgan fingerprint density at radius 2 is 1.86 bits per heavy atom. The van der Waals surface area contributed by atoms with Crippen molar-refractivity contribution in [2.45, 2.75) is 25.4 Å². The molecule has 2 amide bonds. The number of amides is 2. The number of halogens is 1. The van der Waals surface area contributed by atoms with E-state index in [1.807, 2.05) is 6.07 Å². The van der Waals surface area contributed by atoms with Gasteiger partial charge in [0.05, 0.1) is 16.8 Å². The second-order valence-electron chi connectivity index (χ2n) is 6.93. The third-order valence-electron chi connectivity index (χ3n) is 5.05. The molecule has 0 bridgehead atoms. The Labute approximate surface area is 167 Å². The highest BCUT2D eigenvalue weighted by Crippen LogP contribution is 2.26. The Hall–Kier alpha value is -2.86. The minimum Gasteiger partial charge on any atom is -0.448 e. The van der Waals surface area contributed by atoms with Gasteiger partial charge >= 0.3 is 5.97 Å². The zero-order valence-electron chi connectivity index (χ0n) is 15.1. The molecule has 0 radical (unpaired) electrons. The molecule has 1 saturated heterocycles. The summed E-state index contributed by atoms with van der Waals surface area (Å²) in [6.45, 7) is 1.40. The molecule has 7 heteroatoms. The zero-order chi connectivity index (χ0) is 19.7. The van der Waals surface area contributed by atoms with Crippen LogP contribution in [0.1, 0.15) is 39.1 Å². The first-order valence-electron chi connectivity index (χ1n) is 9.21. The van der Waals surface area contributed by atoms with Gasteiger partial charge in [-0.3, -0.25) is 9.59 Å². The summed E-state index contributed by atoms with van der Waals surface area (Å²) < 4.78 is 5.30. The van der Waals surface area contributed by atoms with Crippen LogP contribution in [0.5, 0.6) is 0 Å². The number of hydrogen-bond donors (Lipinski definition) is 1. The molecule has 0 spiro atoms. The maximum Gasteiger partial charge on any atom is 0.339 e. The third kappa shape index (κ3) is 3.60. The summed E-state index contributed by atoms with van der Waals surface area (Å²) in [5, 5.41) is 3.13. The number of esters is 1. The van der Waals surface area contributed by atoms with Gasteiger partial charge in [-0.05, 0) is 42.7 Å². The van der Waals surface area contributed by atoms with E-state index in [-0.39, 0.29) is 12.3 Å². The molecule has 2 aromatic rings. The summed E-state index contributed by atoms with van der Waals surface area (Å²) in [6.07, 6.45) is 1.26. The van der Waals surface area contributed by atoms with Crippen molar-refractivity contribution in [1.82, 2.24) is 4.90 Å². The number of hydrogen-bond acceptors (Lipinski definition) is 4. The molecule has 144 valence electrons. The van der Waals surface area contributed by atoms with Crippen LogP contribution in [0.2, 0.25) is 5.02 Å². The number of nitrogens with zero attached hydrogens (tertiary/aromatic N) is 1. The summed E-state index contributed by atoms with van der Waals surface area (Å²) in [7, 11) is 0. The van der Waals surface area contributed by atoms with E-state index in [1.54, 1.807) is 41.3 Å². The highest BCUT2D eigenvalue weighted by atomic mass is 35.5. The first-order chi connectivity index (χ1) is 13.5. The minimum atomic E-state index is -0.962. The molecular weight excluding hydrogens is 380 g/mol. The summed E-state index contributed by atoms with van der Waals surface area (Å²) in [5.41, 5.74) is 1.93. The van der Waals surface area contributed by atoms with Crippen LogP contribution in [0.15, 0.2) is 42.5 Å². The van der Waals surface area contributed by atoms with E-state index in [0.29, 0.717) is 34.9 Å². The molecular formula is C21H19ClN2O4. The van der Waals surface area contributed by atoms with Crippen molar-refractivity contribution in [3.05, 3.63) is 64.2 Å². The van der Waals surface area contributed by atoms with Crippen LogP contribution in [-0.4, -0.2) is 41.9 Å². The van der Waals surface area contributed by atoms with Crippen LogP contribution in [0.4, 0.5) is 5.69 Å². The molecule has 2 aliphatic rings. The van der Waals surface area contributed by atoms with Crippen LogP contribution in [0.25, 0.3) is 0 Å². The number of benzene rings is 2. The first kappa shape index (κ1) is 18.5. The van der Waals surface area contributed by atoms with E-state index >= 15 is 0 Å². The Morgan fingerprint density at radius 3 is 2.64 bits per heavy atom. The number of carbonyl (C=O) groups is 3. The van der Waals surface area contributed by atoms with Crippen LogP contribution < -0.4 is 5.32 Å². The van der Waals surface area contributed by atoms with Gasteiger partial charge in [0.25, 0.3) is 11.8 Å². The van der Waals surface area contributed by atoms with Crippen molar-refractivity contribution in [2.24, 2.45) is 0 Å². The van der Waals surface area contributed by atoms with Gasteiger partial charge < -0.3 is 15.0 Å². The van der Waals surface area contributed by atoms with Crippen molar-refractivity contribution in [1.29, 1.82) is 0 Å². The fourth-order valence-corrected chi connectivity index (χ4v) is 3.76. The first-order valence-corrected chi connectivity index (χ1v) is 9.59. The number of likely N-dealkylation sites (tertiary alicyclic amines) is 1. The Balaban J connectivity index is 1.56. The molecule has 2 heterocycles. The normalized spacial score (nSPS) is 18.4. The number of fused-ring (bicyclic) bond motifs is 1. The number of rotatable bonds is 3. The maximum absolute atomic E-state index is 12.8. The number of nitrogens with one attached hydrogen (secondary N) is 1. The standard InChI is InChI=1S/C21H19ClN2O4/c22-14-7-8-16(20(26)24-9-3-4-10-24)17(12-14)23-19(25)18-11-13-5-1-2-6-15(13)21(27)28-18/h1-2,5-8,12,18H,3-4,9-11H2,(H,23,25)/t18-/m0/s1. The van der Waals surface area contributed by atoms with Crippen molar-refractivity contribution in [3.63, 3.8) is 0 Å². The predicted octanol–water partition coefficient (Wildman–Crippen LogP) is 3.30. The molecule has 0 unspecified atom stereocenters. The molecule has 28 heavy (non-hydrogen) atoms. The smallest absolute Gasteiger partial charge is 0.339 e. The molecule has 1 fully saturated rings.